The number of pyridine rings is 6. The van der Waals surface area contributed by atoms with Crippen LogP contribution in [0.3, 0.4) is 0 Å². The van der Waals surface area contributed by atoms with Crippen LogP contribution in [0.5, 0.6) is 0 Å². The predicted molar refractivity (Wildman–Crippen MR) is 322 cm³/mol. The molecule has 0 atom stereocenters. The Kier molecular flexibility index (Phi) is 12.9. The summed E-state index contributed by atoms with van der Waals surface area (Å²) in [6.07, 6.45) is 7.10. The Morgan fingerprint density at radius 1 is 0.250 bits per heavy atom. The van der Waals surface area contributed by atoms with Crippen molar-refractivity contribution in [1.29, 1.82) is 0 Å². The molecular formula is C70H50N6O4. The maximum absolute atomic E-state index is 5.97. The fourth-order valence-corrected chi connectivity index (χ4v) is 10.6. The summed E-state index contributed by atoms with van der Waals surface area (Å²) in [6, 6.07) is 69.0. The first-order valence-corrected chi connectivity index (χ1v) is 26.4. The quantitative estimate of drug-likeness (QED) is 0.168. The lowest BCUT2D eigenvalue weighted by atomic mass is 10.0. The molecule has 384 valence electrons. The molecule has 10 heterocycles. The first-order chi connectivity index (χ1) is 39.3. The largest absolute Gasteiger partial charge is 0.456 e. The lowest BCUT2D eigenvalue weighted by molar-refractivity contribution is 0.640. The number of aromatic nitrogens is 6. The van der Waals surface area contributed by atoms with E-state index in [9.17, 15) is 0 Å². The molecule has 0 aliphatic rings. The first-order valence-electron chi connectivity index (χ1n) is 26.4. The summed E-state index contributed by atoms with van der Waals surface area (Å²) < 4.78 is 23.5. The molecule has 10 nitrogen and oxygen atoms in total. The van der Waals surface area contributed by atoms with Gasteiger partial charge < -0.3 is 17.7 Å². The van der Waals surface area contributed by atoms with Crippen molar-refractivity contribution in [2.45, 2.75) is 27.7 Å². The zero-order valence-electron chi connectivity index (χ0n) is 44.3. The van der Waals surface area contributed by atoms with Gasteiger partial charge in [0.05, 0.1) is 38.9 Å². The smallest absolute Gasteiger partial charge is 0.230 e. The highest BCUT2D eigenvalue weighted by Gasteiger charge is 2.16. The third kappa shape index (κ3) is 9.45. The van der Waals surface area contributed by atoms with Crippen LogP contribution < -0.4 is 0 Å². The lowest BCUT2D eigenvalue weighted by Gasteiger charge is -2.03. The van der Waals surface area contributed by atoms with Gasteiger partial charge in [-0.3, -0.25) is 9.97 Å². The van der Waals surface area contributed by atoms with Crippen molar-refractivity contribution in [2.75, 3.05) is 0 Å². The average molecular weight is 1040 g/mol. The van der Waals surface area contributed by atoms with Gasteiger partial charge in [0.15, 0.2) is 0 Å². The summed E-state index contributed by atoms with van der Waals surface area (Å²) in [5, 5.41) is 8.88. The molecule has 6 aromatic carbocycles. The second kappa shape index (κ2) is 21.1. The number of hydrogen-bond donors (Lipinski definition) is 0. The number of aryl methyl sites for hydroxylation is 4. The Labute approximate surface area is 459 Å². The van der Waals surface area contributed by atoms with Gasteiger partial charge >= 0.3 is 0 Å². The van der Waals surface area contributed by atoms with Gasteiger partial charge in [0.2, 0.25) is 22.9 Å². The summed E-state index contributed by atoms with van der Waals surface area (Å²) in [4.78, 5) is 26.7. The summed E-state index contributed by atoms with van der Waals surface area (Å²) in [5.41, 5.74) is 19.2. The van der Waals surface area contributed by atoms with Crippen molar-refractivity contribution >= 4 is 88.3 Å². The molecule has 0 unspecified atom stereocenters. The van der Waals surface area contributed by atoms with Gasteiger partial charge in [-0.15, -0.1) is 0 Å². The molecule has 10 heteroatoms. The molecule has 10 aromatic heterocycles. The molecule has 0 aliphatic heterocycles. The van der Waals surface area contributed by atoms with Crippen LogP contribution >= 0.6 is 0 Å². The molecule has 0 saturated heterocycles. The number of benzene rings is 6. The highest BCUT2D eigenvalue weighted by atomic mass is 16.4. The topological polar surface area (TPSA) is 130 Å². The van der Waals surface area contributed by atoms with Crippen LogP contribution in [0.25, 0.3) is 133 Å². The predicted octanol–water partition coefficient (Wildman–Crippen LogP) is 18.6. The minimum Gasteiger partial charge on any atom is -0.456 e. The van der Waals surface area contributed by atoms with Crippen LogP contribution in [0, 0.1) is 27.7 Å². The van der Waals surface area contributed by atoms with Gasteiger partial charge in [0, 0.05) is 74.0 Å². The number of nitrogens with zero attached hydrogens (tertiary/aromatic N) is 6. The molecule has 0 saturated carbocycles. The van der Waals surface area contributed by atoms with Gasteiger partial charge in [-0.2, -0.15) is 0 Å². The van der Waals surface area contributed by atoms with E-state index in [0.29, 0.717) is 22.9 Å². The molecule has 0 bridgehead atoms. The van der Waals surface area contributed by atoms with Gasteiger partial charge in [-0.05, 0) is 147 Å². The van der Waals surface area contributed by atoms with E-state index in [0.717, 1.165) is 105 Å². The molecule has 0 amide bonds. The van der Waals surface area contributed by atoms with Crippen LogP contribution in [-0.4, -0.2) is 29.9 Å². The standard InChI is InChI=1S/2C18H13NO.2C17H12N2O/c1-12-10-13(15-7-4-5-9-19-15)11-17-18(12)14-6-2-3-8-16(14)20-17;1-12-11-15(13-7-3-2-4-8-13)19-18-17(12)14-9-5-6-10-16(14)20-18;1-11-9-12(14-6-2-3-7-18-14)10-15-16(11)13-5-4-8-19-17(13)20-15;1-11-10-14(12-6-3-2-4-7-12)19-17-15(11)13-8-5-9-18-16(13)20-17/h2*2-11H,1H3;2*2-10H,1H3. The van der Waals surface area contributed by atoms with Gasteiger partial charge in [0.1, 0.15) is 22.3 Å². The highest BCUT2D eigenvalue weighted by molar-refractivity contribution is 6.09. The van der Waals surface area contributed by atoms with Crippen molar-refractivity contribution in [1.82, 2.24) is 29.9 Å². The Bertz CT molecular complexity index is 4260. The highest BCUT2D eigenvalue weighted by Crippen LogP contribution is 2.37. The van der Waals surface area contributed by atoms with Crippen molar-refractivity contribution in [3.05, 3.63) is 253 Å². The van der Waals surface area contributed by atoms with E-state index < -0.39 is 0 Å². The zero-order valence-corrected chi connectivity index (χ0v) is 44.3. The second-order valence-electron chi connectivity index (χ2n) is 19.6. The summed E-state index contributed by atoms with van der Waals surface area (Å²) in [7, 11) is 0. The maximum atomic E-state index is 5.97. The lowest BCUT2D eigenvalue weighted by Crippen LogP contribution is -1.86. The number of furan rings is 4. The van der Waals surface area contributed by atoms with Crippen molar-refractivity contribution in [2.24, 2.45) is 0 Å². The number of rotatable bonds is 4. The molecule has 0 fully saturated rings. The van der Waals surface area contributed by atoms with Crippen LogP contribution in [0.1, 0.15) is 22.3 Å². The number of hydrogen-bond acceptors (Lipinski definition) is 10. The molecule has 0 radical (unpaired) electrons. The minimum absolute atomic E-state index is 0.642. The van der Waals surface area contributed by atoms with Crippen molar-refractivity contribution < 1.29 is 17.7 Å². The molecular weight excluding hydrogens is 989 g/mol. The Hall–Kier alpha value is -10.6. The zero-order chi connectivity index (χ0) is 54.1. The van der Waals surface area contributed by atoms with Gasteiger partial charge in [0.25, 0.3) is 0 Å². The summed E-state index contributed by atoms with van der Waals surface area (Å²) >= 11 is 0. The van der Waals surface area contributed by atoms with Crippen LogP contribution in [-0.2, 0) is 0 Å². The minimum atomic E-state index is 0.642. The Morgan fingerprint density at radius 3 is 1.19 bits per heavy atom. The molecule has 16 rings (SSSR count). The third-order valence-corrected chi connectivity index (χ3v) is 14.2. The van der Waals surface area contributed by atoms with Crippen LogP contribution in [0.2, 0.25) is 0 Å². The average Bonchev–Trinajstić information content (AvgIpc) is 4.30. The maximum Gasteiger partial charge on any atom is 0.230 e. The number of para-hydroxylation sites is 2. The summed E-state index contributed by atoms with van der Waals surface area (Å²) in [5.74, 6) is 0. The fraction of sp³-hybridized carbons (Fsp3) is 0.0571. The van der Waals surface area contributed by atoms with E-state index >= 15 is 0 Å². The van der Waals surface area contributed by atoms with E-state index in [1.54, 1.807) is 18.6 Å². The van der Waals surface area contributed by atoms with Crippen LogP contribution in [0.15, 0.2) is 249 Å². The second-order valence-corrected chi connectivity index (χ2v) is 19.6. The monoisotopic (exact) mass is 1040 g/mol. The van der Waals surface area contributed by atoms with E-state index in [1.807, 2.05) is 146 Å². The normalized spacial score (nSPS) is 11.2. The van der Waals surface area contributed by atoms with E-state index in [4.69, 9.17) is 17.7 Å². The molecule has 16 aromatic rings. The number of fused-ring (bicyclic) bond motifs is 12. The van der Waals surface area contributed by atoms with E-state index in [1.165, 1.54) is 27.5 Å². The first kappa shape index (κ1) is 49.0. The third-order valence-electron chi connectivity index (χ3n) is 14.2. The van der Waals surface area contributed by atoms with E-state index in [-0.39, 0.29) is 0 Å². The Balaban J connectivity index is 0.000000101. The molecule has 80 heavy (non-hydrogen) atoms. The van der Waals surface area contributed by atoms with Crippen molar-refractivity contribution in [3.8, 4) is 45.0 Å². The van der Waals surface area contributed by atoms with Crippen LogP contribution in [0.4, 0.5) is 0 Å². The van der Waals surface area contributed by atoms with Gasteiger partial charge in [-0.1, -0.05) is 109 Å². The Morgan fingerprint density at radius 2 is 0.637 bits per heavy atom. The molecule has 0 N–H and O–H groups in total. The SMILES string of the molecule is Cc1cc(-c2ccccc2)nc2oc3ccccc3c12.Cc1cc(-c2ccccc2)nc2oc3ncccc3c12.Cc1cc(-c2ccccn2)cc2oc3ccccc3c12.Cc1cc(-c2ccccn2)cc2oc3ncccc3c12. The molecule has 0 aliphatic carbocycles. The fourth-order valence-electron chi connectivity index (χ4n) is 10.6. The van der Waals surface area contributed by atoms with E-state index in [2.05, 4.69) is 124 Å². The van der Waals surface area contributed by atoms with Crippen molar-refractivity contribution in [3.63, 3.8) is 0 Å². The molecule has 0 spiro atoms. The van der Waals surface area contributed by atoms with Gasteiger partial charge in [-0.25, -0.2) is 19.9 Å². The summed E-state index contributed by atoms with van der Waals surface area (Å²) in [6.45, 7) is 8.41.